The molecule has 1 heterocycles. The van der Waals surface area contributed by atoms with Crippen molar-refractivity contribution in [2.24, 2.45) is 5.92 Å². The highest BCUT2D eigenvalue weighted by Gasteiger charge is 2.11. The van der Waals surface area contributed by atoms with Crippen molar-refractivity contribution in [2.75, 3.05) is 7.05 Å². The highest BCUT2D eigenvalue weighted by atomic mass is 32.1. The molecule has 0 amide bonds. The number of likely N-dealkylation sites (N-methyl/N-ethyl adjacent to an activating group) is 1. The smallest absolute Gasteiger partial charge is 0.0943 e. The molecule has 0 aliphatic heterocycles. The minimum atomic E-state index is 0.570. The Morgan fingerprint density at radius 3 is 2.67 bits per heavy atom. The second-order valence-corrected chi connectivity index (χ2v) is 5.35. The van der Waals surface area contributed by atoms with Gasteiger partial charge in [0.05, 0.1) is 10.7 Å². The number of rotatable bonds is 6. The molecule has 0 aromatic carbocycles. The van der Waals surface area contributed by atoms with Crippen LogP contribution in [0.1, 0.15) is 37.9 Å². The molecule has 1 aromatic rings. The number of nitrogens with one attached hydrogen (secondary N) is 1. The van der Waals surface area contributed by atoms with E-state index in [0.29, 0.717) is 6.04 Å². The van der Waals surface area contributed by atoms with E-state index in [0.717, 1.165) is 18.8 Å². The molecule has 0 aliphatic rings. The van der Waals surface area contributed by atoms with Crippen molar-refractivity contribution in [1.82, 2.24) is 10.3 Å². The zero-order chi connectivity index (χ0) is 11.3. The van der Waals surface area contributed by atoms with Gasteiger partial charge in [-0.05, 0) is 25.8 Å². The maximum Gasteiger partial charge on any atom is 0.0943 e. The second-order valence-electron chi connectivity index (χ2n) is 4.41. The average molecular weight is 226 g/mol. The van der Waals surface area contributed by atoms with E-state index in [-0.39, 0.29) is 0 Å². The van der Waals surface area contributed by atoms with Crippen LogP contribution in [0.15, 0.2) is 5.38 Å². The van der Waals surface area contributed by atoms with E-state index in [4.69, 9.17) is 0 Å². The first-order valence-electron chi connectivity index (χ1n) is 5.76. The first-order chi connectivity index (χ1) is 7.15. The highest BCUT2D eigenvalue weighted by molar-refractivity contribution is 7.09. The third-order valence-electron chi connectivity index (χ3n) is 2.55. The van der Waals surface area contributed by atoms with Gasteiger partial charge in [-0.15, -0.1) is 11.3 Å². The van der Waals surface area contributed by atoms with Gasteiger partial charge in [0.2, 0.25) is 0 Å². The van der Waals surface area contributed by atoms with E-state index < -0.39 is 0 Å². The van der Waals surface area contributed by atoms with Gasteiger partial charge in [0.1, 0.15) is 0 Å². The van der Waals surface area contributed by atoms with E-state index >= 15 is 0 Å². The molecule has 0 saturated heterocycles. The molecule has 0 saturated carbocycles. The molecule has 0 spiro atoms. The largest absolute Gasteiger partial charge is 0.317 e. The fourth-order valence-electron chi connectivity index (χ4n) is 1.69. The molecule has 3 heteroatoms. The van der Waals surface area contributed by atoms with Gasteiger partial charge >= 0.3 is 0 Å². The van der Waals surface area contributed by atoms with Crippen molar-refractivity contribution in [3.8, 4) is 0 Å². The molecule has 1 rings (SSSR count). The number of thiazole rings is 1. The van der Waals surface area contributed by atoms with Crippen LogP contribution in [-0.4, -0.2) is 18.1 Å². The van der Waals surface area contributed by atoms with E-state index in [9.17, 15) is 0 Å². The Balaban J connectivity index is 2.50. The third kappa shape index (κ3) is 4.31. The lowest BCUT2D eigenvalue weighted by Crippen LogP contribution is -2.29. The molecule has 1 unspecified atom stereocenters. The summed E-state index contributed by atoms with van der Waals surface area (Å²) in [5.41, 5.74) is 1.23. The fraction of sp³-hybridized carbons (Fsp3) is 0.750. The first-order valence-corrected chi connectivity index (χ1v) is 6.64. The van der Waals surface area contributed by atoms with Gasteiger partial charge in [-0.25, -0.2) is 4.98 Å². The van der Waals surface area contributed by atoms with Crippen molar-refractivity contribution in [3.63, 3.8) is 0 Å². The van der Waals surface area contributed by atoms with Gasteiger partial charge in [0.25, 0.3) is 0 Å². The first kappa shape index (κ1) is 12.7. The summed E-state index contributed by atoms with van der Waals surface area (Å²) in [5, 5.41) is 6.82. The van der Waals surface area contributed by atoms with Crippen LogP contribution in [0.5, 0.6) is 0 Å². The molecule has 0 radical (unpaired) electrons. The summed E-state index contributed by atoms with van der Waals surface area (Å²) in [6.07, 6.45) is 3.34. The Bertz CT molecular complexity index is 281. The molecule has 86 valence electrons. The zero-order valence-electron chi connectivity index (χ0n) is 10.2. The van der Waals surface area contributed by atoms with E-state index in [1.165, 1.54) is 17.1 Å². The van der Waals surface area contributed by atoms with Crippen LogP contribution in [0.2, 0.25) is 0 Å². The van der Waals surface area contributed by atoms with Crippen molar-refractivity contribution >= 4 is 11.3 Å². The van der Waals surface area contributed by atoms with Crippen LogP contribution in [0.25, 0.3) is 0 Å². The van der Waals surface area contributed by atoms with Crippen LogP contribution < -0.4 is 5.32 Å². The quantitative estimate of drug-likeness (QED) is 0.807. The molecule has 1 atom stereocenters. The summed E-state index contributed by atoms with van der Waals surface area (Å²) in [7, 11) is 2.04. The van der Waals surface area contributed by atoms with Gasteiger partial charge in [0, 0.05) is 17.8 Å². The maximum absolute atomic E-state index is 4.60. The summed E-state index contributed by atoms with van der Waals surface area (Å²) in [6, 6.07) is 0.570. The SMILES string of the molecule is CCc1csc(CC(CC(C)C)NC)n1. The van der Waals surface area contributed by atoms with Crippen LogP contribution in [0, 0.1) is 5.92 Å². The second kappa shape index (κ2) is 6.23. The van der Waals surface area contributed by atoms with Gasteiger partial charge in [-0.2, -0.15) is 0 Å². The predicted octanol–water partition coefficient (Wildman–Crippen LogP) is 2.88. The summed E-state index contributed by atoms with van der Waals surface area (Å²) < 4.78 is 0. The van der Waals surface area contributed by atoms with Gasteiger partial charge in [-0.3, -0.25) is 0 Å². The Labute approximate surface area is 97.1 Å². The monoisotopic (exact) mass is 226 g/mol. The van der Waals surface area contributed by atoms with Crippen LogP contribution in [0.3, 0.4) is 0 Å². The van der Waals surface area contributed by atoms with Gasteiger partial charge in [0.15, 0.2) is 0 Å². The number of aromatic nitrogens is 1. The van der Waals surface area contributed by atoms with Crippen LogP contribution >= 0.6 is 11.3 Å². The Hall–Kier alpha value is -0.410. The number of hydrogen-bond donors (Lipinski definition) is 1. The Kier molecular flexibility index (Phi) is 5.26. The normalized spacial score (nSPS) is 13.4. The summed E-state index contributed by atoms with van der Waals surface area (Å²) >= 11 is 1.79. The lowest BCUT2D eigenvalue weighted by molar-refractivity contribution is 0.440. The Morgan fingerprint density at radius 2 is 2.20 bits per heavy atom. The molecule has 0 fully saturated rings. The molecule has 15 heavy (non-hydrogen) atoms. The van der Waals surface area contributed by atoms with Crippen molar-refractivity contribution in [3.05, 3.63) is 16.1 Å². The minimum Gasteiger partial charge on any atom is -0.317 e. The molecule has 0 bridgehead atoms. The summed E-state index contributed by atoms with van der Waals surface area (Å²) in [5.74, 6) is 0.744. The minimum absolute atomic E-state index is 0.570. The van der Waals surface area contributed by atoms with Gasteiger partial charge < -0.3 is 5.32 Å². The average Bonchev–Trinajstić information content (AvgIpc) is 2.64. The van der Waals surface area contributed by atoms with Crippen molar-refractivity contribution < 1.29 is 0 Å². The molecule has 0 aliphatic carbocycles. The van der Waals surface area contributed by atoms with E-state index in [2.05, 4.69) is 36.5 Å². The number of nitrogens with zero attached hydrogens (tertiary/aromatic N) is 1. The molecular formula is C12H22N2S. The highest BCUT2D eigenvalue weighted by Crippen LogP contribution is 2.15. The van der Waals surface area contributed by atoms with Crippen molar-refractivity contribution in [2.45, 2.75) is 46.1 Å². The molecular weight excluding hydrogens is 204 g/mol. The molecule has 1 N–H and O–H groups in total. The van der Waals surface area contributed by atoms with Gasteiger partial charge in [-0.1, -0.05) is 20.8 Å². The lowest BCUT2D eigenvalue weighted by atomic mass is 10.0. The maximum atomic E-state index is 4.60. The standard InChI is InChI=1S/C12H22N2S/c1-5-10-8-15-12(14-10)7-11(13-4)6-9(2)3/h8-9,11,13H,5-7H2,1-4H3. The van der Waals surface area contributed by atoms with E-state index in [1.807, 2.05) is 7.05 Å². The summed E-state index contributed by atoms with van der Waals surface area (Å²) in [4.78, 5) is 4.60. The Morgan fingerprint density at radius 1 is 1.47 bits per heavy atom. The molecule has 2 nitrogen and oxygen atoms in total. The van der Waals surface area contributed by atoms with Crippen molar-refractivity contribution in [1.29, 1.82) is 0 Å². The lowest BCUT2D eigenvalue weighted by Gasteiger charge is -2.16. The van der Waals surface area contributed by atoms with Crippen LogP contribution in [-0.2, 0) is 12.8 Å². The summed E-state index contributed by atoms with van der Waals surface area (Å²) in [6.45, 7) is 6.69. The number of aryl methyl sites for hydroxylation is 1. The zero-order valence-corrected chi connectivity index (χ0v) is 11.0. The number of hydrogen-bond acceptors (Lipinski definition) is 3. The third-order valence-corrected chi connectivity index (χ3v) is 3.47. The topological polar surface area (TPSA) is 24.9 Å². The van der Waals surface area contributed by atoms with Crippen LogP contribution in [0.4, 0.5) is 0 Å². The molecule has 1 aromatic heterocycles. The van der Waals surface area contributed by atoms with E-state index in [1.54, 1.807) is 11.3 Å². The fourth-order valence-corrected chi connectivity index (χ4v) is 2.65. The predicted molar refractivity (Wildman–Crippen MR) is 67.5 cm³/mol.